The molecule has 1 aliphatic carbocycles. The van der Waals surface area contributed by atoms with Gasteiger partial charge in [0, 0.05) is 24.4 Å². The fourth-order valence-electron chi connectivity index (χ4n) is 2.49. The lowest BCUT2D eigenvalue weighted by Crippen LogP contribution is -2.35. The van der Waals surface area contributed by atoms with Crippen molar-refractivity contribution in [2.24, 2.45) is 5.92 Å². The molecule has 2 unspecified atom stereocenters. The Balaban J connectivity index is 1.82. The summed E-state index contributed by atoms with van der Waals surface area (Å²) in [4.78, 5) is 26.9. The van der Waals surface area contributed by atoms with Crippen molar-refractivity contribution in [3.8, 4) is 0 Å². The smallest absolute Gasteiger partial charge is 0.226 e. The monoisotopic (exact) mass is 264 g/mol. The highest BCUT2D eigenvalue weighted by Gasteiger charge is 2.44. The molecule has 1 saturated carbocycles. The summed E-state index contributed by atoms with van der Waals surface area (Å²) in [6.45, 7) is 0. The Bertz CT molecular complexity index is 467. The Morgan fingerprint density at radius 1 is 1.50 bits per heavy atom. The fraction of sp³-hybridized carbons (Fsp3) is 0.538. The summed E-state index contributed by atoms with van der Waals surface area (Å²) >= 11 is 1.61. The van der Waals surface area contributed by atoms with Crippen LogP contribution in [0.25, 0.3) is 0 Å². The molecule has 96 valence electrons. The van der Waals surface area contributed by atoms with Crippen LogP contribution in [0.4, 0.5) is 0 Å². The van der Waals surface area contributed by atoms with Gasteiger partial charge in [0.15, 0.2) is 0 Å². The maximum atomic E-state index is 12.2. The largest absolute Gasteiger partial charge is 0.353 e. The highest BCUT2D eigenvalue weighted by molar-refractivity contribution is 7.10. The maximum absolute atomic E-state index is 12.2. The maximum Gasteiger partial charge on any atom is 0.226 e. The molecule has 3 rings (SSSR count). The Morgan fingerprint density at radius 2 is 2.28 bits per heavy atom. The fourth-order valence-corrected chi connectivity index (χ4v) is 3.42. The number of thiophene rings is 1. The number of likely N-dealkylation sites (tertiary alicyclic amines) is 1. The highest BCUT2D eigenvalue weighted by Crippen LogP contribution is 2.39. The molecule has 2 atom stereocenters. The normalized spacial score (nSPS) is 27.6. The molecule has 2 amide bonds. The summed E-state index contributed by atoms with van der Waals surface area (Å²) in [5.41, 5.74) is 0. The first-order valence-corrected chi connectivity index (χ1v) is 7.14. The van der Waals surface area contributed by atoms with E-state index in [1.165, 1.54) is 0 Å². The minimum absolute atomic E-state index is 0.0357. The first kappa shape index (κ1) is 11.7. The van der Waals surface area contributed by atoms with Crippen LogP contribution in [0.15, 0.2) is 17.5 Å². The van der Waals surface area contributed by atoms with Gasteiger partial charge in [0.05, 0.1) is 12.0 Å². The Labute approximate surface area is 110 Å². The Hall–Kier alpha value is -1.36. The SMILES string of the molecule is CN1C(=O)CC(C(=O)NC2CC2)C1c1cccs1. The zero-order valence-electron chi connectivity index (χ0n) is 10.3. The van der Waals surface area contributed by atoms with Crippen LogP contribution in [0.2, 0.25) is 0 Å². The topological polar surface area (TPSA) is 49.4 Å². The molecular formula is C13H16N2O2S. The summed E-state index contributed by atoms with van der Waals surface area (Å²) < 4.78 is 0. The van der Waals surface area contributed by atoms with E-state index in [1.807, 2.05) is 17.5 Å². The van der Waals surface area contributed by atoms with Crippen LogP contribution in [-0.4, -0.2) is 29.8 Å². The third kappa shape index (κ3) is 2.03. The molecule has 2 fully saturated rings. The quantitative estimate of drug-likeness (QED) is 0.900. The van der Waals surface area contributed by atoms with E-state index in [-0.39, 0.29) is 23.8 Å². The van der Waals surface area contributed by atoms with Gasteiger partial charge in [-0.1, -0.05) is 6.07 Å². The second-order valence-electron chi connectivity index (χ2n) is 5.06. The van der Waals surface area contributed by atoms with Crippen LogP contribution in [0, 0.1) is 5.92 Å². The van der Waals surface area contributed by atoms with Crippen LogP contribution in [-0.2, 0) is 9.59 Å². The van der Waals surface area contributed by atoms with Crippen molar-refractivity contribution in [1.29, 1.82) is 0 Å². The zero-order chi connectivity index (χ0) is 12.7. The molecule has 1 N–H and O–H groups in total. The molecule has 0 radical (unpaired) electrons. The molecule has 1 aromatic heterocycles. The molecule has 4 nitrogen and oxygen atoms in total. The molecule has 0 aromatic carbocycles. The molecule has 1 saturated heterocycles. The van der Waals surface area contributed by atoms with Gasteiger partial charge in [0.25, 0.3) is 0 Å². The van der Waals surface area contributed by atoms with Gasteiger partial charge in [-0.3, -0.25) is 9.59 Å². The second kappa shape index (κ2) is 4.39. The summed E-state index contributed by atoms with van der Waals surface area (Å²) in [6.07, 6.45) is 2.48. The third-order valence-corrected chi connectivity index (χ3v) is 4.62. The van der Waals surface area contributed by atoms with Gasteiger partial charge in [0.2, 0.25) is 11.8 Å². The van der Waals surface area contributed by atoms with Gasteiger partial charge < -0.3 is 10.2 Å². The molecule has 5 heteroatoms. The molecule has 1 aromatic rings. The van der Waals surface area contributed by atoms with E-state index in [1.54, 1.807) is 23.3 Å². The van der Waals surface area contributed by atoms with Crippen LogP contribution < -0.4 is 5.32 Å². The summed E-state index contributed by atoms with van der Waals surface area (Å²) in [5, 5.41) is 5.00. The van der Waals surface area contributed by atoms with Crippen molar-refractivity contribution in [3.63, 3.8) is 0 Å². The van der Waals surface area contributed by atoms with Crippen molar-refractivity contribution >= 4 is 23.2 Å². The van der Waals surface area contributed by atoms with E-state index in [4.69, 9.17) is 0 Å². The van der Waals surface area contributed by atoms with Crippen molar-refractivity contribution in [2.45, 2.75) is 31.3 Å². The molecular weight excluding hydrogens is 248 g/mol. The number of carbonyl (C=O) groups is 2. The second-order valence-corrected chi connectivity index (χ2v) is 6.04. The lowest BCUT2D eigenvalue weighted by molar-refractivity contribution is -0.128. The Kier molecular flexibility index (Phi) is 2.86. The predicted molar refractivity (Wildman–Crippen MR) is 69.1 cm³/mol. The zero-order valence-corrected chi connectivity index (χ0v) is 11.1. The molecule has 2 heterocycles. The average molecular weight is 264 g/mol. The molecule has 18 heavy (non-hydrogen) atoms. The summed E-state index contributed by atoms with van der Waals surface area (Å²) in [7, 11) is 1.79. The number of hydrogen-bond acceptors (Lipinski definition) is 3. The first-order chi connectivity index (χ1) is 8.66. The number of amides is 2. The van der Waals surface area contributed by atoms with Crippen LogP contribution >= 0.6 is 11.3 Å². The van der Waals surface area contributed by atoms with Gasteiger partial charge in [0.1, 0.15) is 0 Å². The van der Waals surface area contributed by atoms with Gasteiger partial charge in [-0.05, 0) is 24.3 Å². The van der Waals surface area contributed by atoms with Crippen LogP contribution in [0.3, 0.4) is 0 Å². The highest BCUT2D eigenvalue weighted by atomic mass is 32.1. The lowest BCUT2D eigenvalue weighted by Gasteiger charge is -2.23. The molecule has 2 aliphatic rings. The van der Waals surface area contributed by atoms with Crippen molar-refractivity contribution in [3.05, 3.63) is 22.4 Å². The number of hydrogen-bond donors (Lipinski definition) is 1. The van der Waals surface area contributed by atoms with E-state index in [0.29, 0.717) is 12.5 Å². The minimum atomic E-state index is -0.234. The number of nitrogens with one attached hydrogen (secondary N) is 1. The van der Waals surface area contributed by atoms with Gasteiger partial charge in [-0.15, -0.1) is 11.3 Å². The van der Waals surface area contributed by atoms with E-state index >= 15 is 0 Å². The van der Waals surface area contributed by atoms with Gasteiger partial charge in [-0.25, -0.2) is 0 Å². The number of rotatable bonds is 3. The molecule has 0 spiro atoms. The number of nitrogens with zero attached hydrogens (tertiary/aromatic N) is 1. The predicted octanol–water partition coefficient (Wildman–Crippen LogP) is 1.55. The molecule has 1 aliphatic heterocycles. The number of carbonyl (C=O) groups excluding carboxylic acids is 2. The molecule has 0 bridgehead atoms. The lowest BCUT2D eigenvalue weighted by atomic mass is 9.98. The van der Waals surface area contributed by atoms with Gasteiger partial charge >= 0.3 is 0 Å². The van der Waals surface area contributed by atoms with Crippen molar-refractivity contribution in [2.75, 3.05) is 7.05 Å². The van der Waals surface area contributed by atoms with Crippen molar-refractivity contribution in [1.82, 2.24) is 10.2 Å². The van der Waals surface area contributed by atoms with E-state index in [0.717, 1.165) is 17.7 Å². The van der Waals surface area contributed by atoms with E-state index in [2.05, 4.69) is 5.32 Å². The first-order valence-electron chi connectivity index (χ1n) is 6.26. The minimum Gasteiger partial charge on any atom is -0.353 e. The summed E-state index contributed by atoms with van der Waals surface area (Å²) in [5.74, 6) is -0.139. The average Bonchev–Trinajstić information content (AvgIpc) is 2.89. The summed E-state index contributed by atoms with van der Waals surface area (Å²) in [6, 6.07) is 4.23. The van der Waals surface area contributed by atoms with Crippen LogP contribution in [0.5, 0.6) is 0 Å². The van der Waals surface area contributed by atoms with E-state index < -0.39 is 0 Å². The van der Waals surface area contributed by atoms with E-state index in [9.17, 15) is 9.59 Å². The standard InChI is InChI=1S/C13H16N2O2S/c1-15-11(16)7-9(13(17)14-8-4-5-8)12(15)10-3-2-6-18-10/h2-3,6,8-9,12H,4-5,7H2,1H3,(H,14,17). The van der Waals surface area contributed by atoms with Crippen LogP contribution in [0.1, 0.15) is 30.2 Å². The Morgan fingerprint density at radius 3 is 2.89 bits per heavy atom. The van der Waals surface area contributed by atoms with Crippen molar-refractivity contribution < 1.29 is 9.59 Å². The third-order valence-electron chi connectivity index (χ3n) is 3.68. The van der Waals surface area contributed by atoms with Gasteiger partial charge in [-0.2, -0.15) is 0 Å².